The van der Waals surface area contributed by atoms with Crippen LogP contribution in [0.15, 0.2) is 6.33 Å². The van der Waals surface area contributed by atoms with Gasteiger partial charge >= 0.3 is 12.1 Å². The minimum Gasteiger partial charge on any atom is -0.425 e. The number of aromatic nitrogens is 2. The van der Waals surface area contributed by atoms with E-state index in [4.69, 9.17) is 23.2 Å². The first-order valence-electron chi connectivity index (χ1n) is 3.81. The van der Waals surface area contributed by atoms with E-state index in [0.717, 1.165) is 6.33 Å². The summed E-state index contributed by atoms with van der Waals surface area (Å²) in [6.07, 6.45) is 0.857. The van der Waals surface area contributed by atoms with Crippen molar-refractivity contribution in [2.24, 2.45) is 23.2 Å². The first kappa shape index (κ1) is 11.5. The Balaban J connectivity index is 3.22. The molecule has 9 N–H and O–H groups in total. The zero-order valence-electron chi connectivity index (χ0n) is 7.94. The standard InChI is InChI=1S/C5H10N8O3/c6-4(14)12(8)2-3(11(16)1-10-2)13(9)5(7)15/h1,16H,8-9H2,(H2,6,14)(H2,7,15). The number of primary amides is 2. The molecule has 4 amide bonds. The SMILES string of the molecule is NC(=O)N(N)c1ncn(O)c1N(N)C(N)=O. The van der Waals surface area contributed by atoms with E-state index in [9.17, 15) is 14.8 Å². The average molecular weight is 230 g/mol. The molecule has 16 heavy (non-hydrogen) atoms. The third-order valence-electron chi connectivity index (χ3n) is 1.64. The Morgan fingerprint density at radius 1 is 1.25 bits per heavy atom. The molecule has 0 saturated heterocycles. The smallest absolute Gasteiger partial charge is 0.335 e. The summed E-state index contributed by atoms with van der Waals surface area (Å²) in [5.41, 5.74) is 9.75. The van der Waals surface area contributed by atoms with E-state index in [1.54, 1.807) is 0 Å². The van der Waals surface area contributed by atoms with Gasteiger partial charge in [0.2, 0.25) is 5.82 Å². The molecule has 1 heterocycles. The number of hydrazine groups is 2. The number of imidazole rings is 1. The molecule has 0 aliphatic rings. The lowest BCUT2D eigenvalue weighted by molar-refractivity contribution is 0.187. The summed E-state index contributed by atoms with van der Waals surface area (Å²) in [5, 5.41) is 10.0. The van der Waals surface area contributed by atoms with Crippen LogP contribution in [0.2, 0.25) is 0 Å². The molecule has 11 heteroatoms. The molecule has 1 aromatic rings. The van der Waals surface area contributed by atoms with Crippen LogP contribution >= 0.6 is 0 Å². The van der Waals surface area contributed by atoms with E-state index >= 15 is 0 Å². The normalized spacial score (nSPS) is 9.88. The van der Waals surface area contributed by atoms with Crippen molar-refractivity contribution in [2.45, 2.75) is 0 Å². The number of hydrogen-bond donors (Lipinski definition) is 5. The van der Waals surface area contributed by atoms with Crippen molar-refractivity contribution in [1.29, 1.82) is 0 Å². The maximum absolute atomic E-state index is 10.8. The highest BCUT2D eigenvalue weighted by Gasteiger charge is 2.24. The maximum Gasteiger partial charge on any atom is 0.335 e. The van der Waals surface area contributed by atoms with Gasteiger partial charge in [-0.15, -0.1) is 0 Å². The summed E-state index contributed by atoms with van der Waals surface area (Å²) in [5.74, 6) is 9.74. The molecule has 0 fully saturated rings. The second-order valence-electron chi connectivity index (χ2n) is 2.65. The second-order valence-corrected chi connectivity index (χ2v) is 2.65. The average Bonchev–Trinajstić information content (AvgIpc) is 2.57. The van der Waals surface area contributed by atoms with Crippen molar-refractivity contribution in [3.63, 3.8) is 0 Å². The summed E-state index contributed by atoms with van der Waals surface area (Å²) in [6, 6.07) is -2.15. The highest BCUT2D eigenvalue weighted by Crippen LogP contribution is 2.23. The van der Waals surface area contributed by atoms with E-state index in [1.807, 2.05) is 0 Å². The summed E-state index contributed by atoms with van der Waals surface area (Å²) in [7, 11) is 0. The predicted octanol–water partition coefficient (Wildman–Crippen LogP) is -2.36. The number of nitrogens with zero attached hydrogens (tertiary/aromatic N) is 4. The number of anilines is 2. The lowest BCUT2D eigenvalue weighted by atomic mass is 10.6. The van der Waals surface area contributed by atoms with Gasteiger partial charge < -0.3 is 16.7 Å². The van der Waals surface area contributed by atoms with Gasteiger partial charge in [-0.2, -0.15) is 4.73 Å². The van der Waals surface area contributed by atoms with Crippen LogP contribution in [-0.2, 0) is 0 Å². The topological polar surface area (TPSA) is 183 Å². The molecule has 0 aliphatic heterocycles. The number of amides is 4. The van der Waals surface area contributed by atoms with Crippen molar-refractivity contribution in [2.75, 3.05) is 10.0 Å². The molecule has 0 aromatic carbocycles. The molecule has 1 aromatic heterocycles. The number of nitrogens with two attached hydrogens (primary N) is 4. The molecule has 0 radical (unpaired) electrons. The molecule has 0 saturated carbocycles. The van der Waals surface area contributed by atoms with Crippen molar-refractivity contribution >= 4 is 23.7 Å². The van der Waals surface area contributed by atoms with Gasteiger partial charge in [-0.3, -0.25) is 0 Å². The number of carbonyl (C=O) groups excluding carboxylic acids is 2. The molecule has 0 unspecified atom stereocenters. The Hall–Kier alpha value is -2.53. The maximum atomic E-state index is 10.8. The molecular weight excluding hydrogens is 220 g/mol. The Morgan fingerprint density at radius 2 is 1.75 bits per heavy atom. The molecule has 88 valence electrons. The Bertz CT molecular complexity index is 427. The van der Waals surface area contributed by atoms with Gasteiger partial charge in [-0.25, -0.2) is 36.3 Å². The van der Waals surface area contributed by atoms with Crippen LogP contribution in [0.25, 0.3) is 0 Å². The van der Waals surface area contributed by atoms with Crippen molar-refractivity contribution in [3.05, 3.63) is 6.33 Å². The fraction of sp³-hybridized carbons (Fsp3) is 0. The Morgan fingerprint density at radius 3 is 2.19 bits per heavy atom. The van der Waals surface area contributed by atoms with Gasteiger partial charge in [0.15, 0.2) is 5.82 Å². The monoisotopic (exact) mass is 230 g/mol. The number of carbonyl (C=O) groups is 2. The van der Waals surface area contributed by atoms with Crippen molar-refractivity contribution < 1.29 is 14.8 Å². The lowest BCUT2D eigenvalue weighted by Gasteiger charge is -2.17. The largest absolute Gasteiger partial charge is 0.425 e. The second kappa shape index (κ2) is 3.92. The Kier molecular flexibility index (Phi) is 2.82. The van der Waals surface area contributed by atoms with E-state index < -0.39 is 17.9 Å². The highest BCUT2D eigenvalue weighted by molar-refractivity contribution is 5.96. The summed E-state index contributed by atoms with van der Waals surface area (Å²) < 4.78 is 0.364. The molecule has 1 rings (SSSR count). The fourth-order valence-electron chi connectivity index (χ4n) is 0.921. The zero-order chi connectivity index (χ0) is 12.5. The van der Waals surface area contributed by atoms with Crippen LogP contribution in [-0.4, -0.2) is 27.0 Å². The zero-order valence-corrected chi connectivity index (χ0v) is 7.94. The van der Waals surface area contributed by atoms with Gasteiger partial charge in [-0.1, -0.05) is 0 Å². The molecular formula is C5H10N8O3. The summed E-state index contributed by atoms with van der Waals surface area (Å²) in [4.78, 5) is 25.1. The van der Waals surface area contributed by atoms with Crippen LogP contribution in [0.4, 0.5) is 21.2 Å². The van der Waals surface area contributed by atoms with Crippen LogP contribution in [0.3, 0.4) is 0 Å². The van der Waals surface area contributed by atoms with E-state index in [-0.39, 0.29) is 5.82 Å². The lowest BCUT2D eigenvalue weighted by Crippen LogP contribution is -2.46. The van der Waals surface area contributed by atoms with Gasteiger partial charge in [0.25, 0.3) is 0 Å². The molecule has 0 spiro atoms. The van der Waals surface area contributed by atoms with Crippen molar-refractivity contribution in [3.8, 4) is 0 Å². The van der Waals surface area contributed by atoms with Gasteiger partial charge in [0, 0.05) is 0 Å². The fourth-order valence-corrected chi connectivity index (χ4v) is 0.921. The van der Waals surface area contributed by atoms with Gasteiger partial charge in [0.05, 0.1) is 0 Å². The van der Waals surface area contributed by atoms with Gasteiger partial charge in [0.1, 0.15) is 6.33 Å². The van der Waals surface area contributed by atoms with E-state index in [2.05, 4.69) is 4.98 Å². The molecule has 0 bridgehead atoms. The van der Waals surface area contributed by atoms with E-state index in [1.165, 1.54) is 0 Å². The van der Waals surface area contributed by atoms with Crippen LogP contribution in [0.5, 0.6) is 0 Å². The molecule has 0 atom stereocenters. The first-order chi connectivity index (χ1) is 7.36. The number of urea groups is 2. The third kappa shape index (κ3) is 1.79. The summed E-state index contributed by atoms with van der Waals surface area (Å²) in [6.45, 7) is 0. The number of hydrogen-bond acceptors (Lipinski definition) is 6. The van der Waals surface area contributed by atoms with Crippen molar-refractivity contribution in [1.82, 2.24) is 9.71 Å². The number of rotatable bonds is 2. The first-order valence-corrected chi connectivity index (χ1v) is 3.81. The minimum absolute atomic E-state index is 0.323. The highest BCUT2D eigenvalue weighted by atomic mass is 16.5. The van der Waals surface area contributed by atoms with E-state index in [0.29, 0.717) is 14.7 Å². The minimum atomic E-state index is -1.09. The Labute approximate surface area is 88.7 Å². The summed E-state index contributed by atoms with van der Waals surface area (Å²) >= 11 is 0. The molecule has 11 nitrogen and oxygen atoms in total. The van der Waals surface area contributed by atoms with Crippen LogP contribution in [0.1, 0.15) is 0 Å². The quantitative estimate of drug-likeness (QED) is 0.164. The predicted molar refractivity (Wildman–Crippen MR) is 51.9 cm³/mol. The van der Waals surface area contributed by atoms with Crippen LogP contribution < -0.4 is 33.2 Å². The molecule has 0 aliphatic carbocycles. The van der Waals surface area contributed by atoms with Gasteiger partial charge in [-0.05, 0) is 0 Å². The van der Waals surface area contributed by atoms with Crippen LogP contribution in [0, 0.1) is 0 Å². The third-order valence-corrected chi connectivity index (χ3v) is 1.64.